The first-order chi connectivity index (χ1) is 9.47. The summed E-state index contributed by atoms with van der Waals surface area (Å²) < 4.78 is 28.5. The van der Waals surface area contributed by atoms with E-state index in [0.717, 1.165) is 18.2 Å². The largest absolute Gasteiger partial charge is 0.347 e. The van der Waals surface area contributed by atoms with Gasteiger partial charge in [-0.15, -0.1) is 0 Å². The predicted octanol–water partition coefficient (Wildman–Crippen LogP) is 4.57. The highest BCUT2D eigenvalue weighted by Crippen LogP contribution is 2.16. The summed E-state index contributed by atoms with van der Waals surface area (Å²) in [6.45, 7) is 8.93. The smallest absolute Gasteiger partial charge is 0.129 e. The van der Waals surface area contributed by atoms with Gasteiger partial charge >= 0.3 is 0 Å². The van der Waals surface area contributed by atoms with Gasteiger partial charge in [0.05, 0.1) is 0 Å². The third-order valence-corrected chi connectivity index (χ3v) is 3.66. The molecule has 2 rings (SSSR count). The first-order valence-electron chi connectivity index (χ1n) is 6.70. The highest BCUT2D eigenvalue weighted by Gasteiger charge is 2.06. The van der Waals surface area contributed by atoms with Crippen molar-refractivity contribution in [2.45, 2.75) is 33.2 Å². The summed E-state index contributed by atoms with van der Waals surface area (Å²) in [4.78, 5) is 0. The molecule has 0 aliphatic carbocycles. The fourth-order valence-corrected chi connectivity index (χ4v) is 2.19. The van der Waals surface area contributed by atoms with Crippen LogP contribution in [0.4, 0.5) is 8.78 Å². The standard InChI is InChI=1S/C17H19F2N/c1-12(11-20-9-8-13(2)14(20)3)4-5-15-6-7-16(18)10-17(15)19/h6-10H,1,4-5,11H2,2-3H3. The Kier molecular flexibility index (Phi) is 4.38. The Hall–Kier alpha value is -1.90. The van der Waals surface area contributed by atoms with Crippen molar-refractivity contribution >= 4 is 0 Å². The van der Waals surface area contributed by atoms with Crippen LogP contribution in [0.5, 0.6) is 0 Å². The molecule has 1 aromatic heterocycles. The first kappa shape index (κ1) is 14.5. The van der Waals surface area contributed by atoms with E-state index in [1.165, 1.54) is 23.4 Å². The molecule has 0 unspecified atom stereocenters. The van der Waals surface area contributed by atoms with Crippen molar-refractivity contribution in [3.8, 4) is 0 Å². The van der Waals surface area contributed by atoms with Gasteiger partial charge in [-0.3, -0.25) is 0 Å². The van der Waals surface area contributed by atoms with Crippen LogP contribution in [0.25, 0.3) is 0 Å². The highest BCUT2D eigenvalue weighted by molar-refractivity contribution is 5.21. The zero-order chi connectivity index (χ0) is 14.7. The molecule has 1 heterocycles. The van der Waals surface area contributed by atoms with Crippen LogP contribution >= 0.6 is 0 Å². The molecule has 0 atom stereocenters. The normalized spacial score (nSPS) is 10.8. The number of aryl methyl sites for hydroxylation is 2. The number of aromatic nitrogens is 1. The minimum absolute atomic E-state index is 0.481. The number of benzene rings is 1. The van der Waals surface area contributed by atoms with Crippen molar-refractivity contribution in [1.29, 1.82) is 0 Å². The maximum Gasteiger partial charge on any atom is 0.129 e. The Morgan fingerprint density at radius 2 is 1.95 bits per heavy atom. The fourth-order valence-electron chi connectivity index (χ4n) is 2.19. The van der Waals surface area contributed by atoms with Gasteiger partial charge in [-0.25, -0.2) is 8.78 Å². The Bertz CT molecular complexity index is 626. The molecule has 2 aromatic rings. The molecule has 0 fully saturated rings. The van der Waals surface area contributed by atoms with Crippen LogP contribution in [0, 0.1) is 25.5 Å². The monoisotopic (exact) mass is 275 g/mol. The molecule has 1 aromatic carbocycles. The molecule has 0 saturated heterocycles. The summed E-state index contributed by atoms with van der Waals surface area (Å²) in [6.07, 6.45) is 3.28. The Labute approximate surface area is 118 Å². The van der Waals surface area contributed by atoms with Gasteiger partial charge in [0, 0.05) is 24.5 Å². The second kappa shape index (κ2) is 6.04. The van der Waals surface area contributed by atoms with Crippen LogP contribution in [0.2, 0.25) is 0 Å². The molecular formula is C17H19F2N. The van der Waals surface area contributed by atoms with Gasteiger partial charge in [0.1, 0.15) is 11.6 Å². The van der Waals surface area contributed by atoms with Crippen molar-refractivity contribution in [2.24, 2.45) is 0 Å². The molecule has 0 bridgehead atoms. The number of halogens is 2. The van der Waals surface area contributed by atoms with Crippen LogP contribution in [-0.4, -0.2) is 4.57 Å². The second-order valence-electron chi connectivity index (χ2n) is 5.20. The molecule has 0 spiro atoms. The average molecular weight is 275 g/mol. The van der Waals surface area contributed by atoms with Crippen LogP contribution in [0.3, 0.4) is 0 Å². The van der Waals surface area contributed by atoms with Crippen LogP contribution in [0.15, 0.2) is 42.6 Å². The van der Waals surface area contributed by atoms with Crippen molar-refractivity contribution in [1.82, 2.24) is 4.57 Å². The van der Waals surface area contributed by atoms with Crippen molar-refractivity contribution in [3.05, 3.63) is 71.1 Å². The van der Waals surface area contributed by atoms with Gasteiger partial charge in [0.15, 0.2) is 0 Å². The zero-order valence-electron chi connectivity index (χ0n) is 11.9. The lowest BCUT2D eigenvalue weighted by molar-refractivity contribution is 0.570. The quantitative estimate of drug-likeness (QED) is 0.704. The first-order valence-corrected chi connectivity index (χ1v) is 6.70. The molecule has 0 N–H and O–H groups in total. The molecule has 0 aliphatic heterocycles. The van der Waals surface area contributed by atoms with E-state index in [-0.39, 0.29) is 0 Å². The lowest BCUT2D eigenvalue weighted by Crippen LogP contribution is -2.03. The van der Waals surface area contributed by atoms with E-state index in [9.17, 15) is 8.78 Å². The fraction of sp³-hybridized carbons (Fsp3) is 0.294. The van der Waals surface area contributed by atoms with Crippen molar-refractivity contribution in [2.75, 3.05) is 0 Å². The molecule has 20 heavy (non-hydrogen) atoms. The van der Waals surface area contributed by atoms with E-state index in [4.69, 9.17) is 0 Å². The lowest BCUT2D eigenvalue weighted by atomic mass is 10.0. The average Bonchev–Trinajstić information content (AvgIpc) is 2.70. The minimum Gasteiger partial charge on any atom is -0.347 e. The summed E-state index contributed by atoms with van der Waals surface area (Å²) >= 11 is 0. The Morgan fingerprint density at radius 3 is 2.55 bits per heavy atom. The van der Waals surface area contributed by atoms with Crippen LogP contribution in [-0.2, 0) is 13.0 Å². The van der Waals surface area contributed by atoms with Gasteiger partial charge in [-0.2, -0.15) is 0 Å². The number of nitrogens with zero attached hydrogens (tertiary/aromatic N) is 1. The predicted molar refractivity (Wildman–Crippen MR) is 77.7 cm³/mol. The Balaban J connectivity index is 1.94. The maximum absolute atomic E-state index is 13.5. The number of hydrogen-bond donors (Lipinski definition) is 0. The number of rotatable bonds is 5. The van der Waals surface area contributed by atoms with Gasteiger partial charge in [0.2, 0.25) is 0 Å². The molecule has 0 amide bonds. The van der Waals surface area contributed by atoms with Crippen molar-refractivity contribution in [3.63, 3.8) is 0 Å². The molecule has 1 nitrogen and oxygen atoms in total. The molecule has 0 aliphatic rings. The number of allylic oxidation sites excluding steroid dienone is 1. The van der Waals surface area contributed by atoms with Gasteiger partial charge in [-0.1, -0.05) is 18.2 Å². The summed E-state index contributed by atoms with van der Waals surface area (Å²) in [5.74, 6) is -1.02. The van der Waals surface area contributed by atoms with Gasteiger partial charge in [0.25, 0.3) is 0 Å². The van der Waals surface area contributed by atoms with E-state index in [1.54, 1.807) is 0 Å². The van der Waals surface area contributed by atoms with E-state index in [0.29, 0.717) is 18.4 Å². The highest BCUT2D eigenvalue weighted by atomic mass is 19.1. The molecule has 3 heteroatoms. The van der Waals surface area contributed by atoms with E-state index in [2.05, 4.69) is 31.1 Å². The summed E-state index contributed by atoms with van der Waals surface area (Å²) in [7, 11) is 0. The van der Waals surface area contributed by atoms with Crippen molar-refractivity contribution < 1.29 is 8.78 Å². The summed E-state index contributed by atoms with van der Waals surface area (Å²) in [6, 6.07) is 5.80. The SMILES string of the molecule is C=C(CCc1ccc(F)cc1F)Cn1ccc(C)c1C. The summed E-state index contributed by atoms with van der Waals surface area (Å²) in [5.41, 5.74) is 4.04. The topological polar surface area (TPSA) is 4.93 Å². The van der Waals surface area contributed by atoms with Gasteiger partial charge < -0.3 is 4.57 Å². The lowest BCUT2D eigenvalue weighted by Gasteiger charge is -2.10. The Morgan fingerprint density at radius 1 is 1.20 bits per heavy atom. The van der Waals surface area contributed by atoms with Gasteiger partial charge in [-0.05, 0) is 49.9 Å². The van der Waals surface area contributed by atoms with E-state index in [1.807, 2.05) is 6.20 Å². The minimum atomic E-state index is -0.538. The van der Waals surface area contributed by atoms with Crippen LogP contribution < -0.4 is 0 Å². The van der Waals surface area contributed by atoms with E-state index >= 15 is 0 Å². The zero-order valence-corrected chi connectivity index (χ0v) is 11.9. The van der Waals surface area contributed by atoms with Crippen LogP contribution in [0.1, 0.15) is 23.2 Å². The third-order valence-electron chi connectivity index (χ3n) is 3.66. The molecule has 0 saturated carbocycles. The molecular weight excluding hydrogens is 256 g/mol. The maximum atomic E-state index is 13.5. The number of hydrogen-bond acceptors (Lipinski definition) is 0. The third kappa shape index (κ3) is 3.35. The summed E-state index contributed by atoms with van der Waals surface area (Å²) in [5, 5.41) is 0. The second-order valence-corrected chi connectivity index (χ2v) is 5.20. The molecule has 0 radical (unpaired) electrons. The molecule has 106 valence electrons. The van der Waals surface area contributed by atoms with E-state index < -0.39 is 11.6 Å².